The molecule has 0 unspecified atom stereocenters. The molecule has 0 saturated heterocycles. The van der Waals surface area contributed by atoms with Crippen LogP contribution < -0.4 is 0 Å². The number of nitrogens with zero attached hydrogens (tertiary/aromatic N) is 1. The van der Waals surface area contributed by atoms with E-state index in [1.54, 1.807) is 30.5 Å². The summed E-state index contributed by atoms with van der Waals surface area (Å²) in [5.74, 6) is 0. The van der Waals surface area contributed by atoms with Gasteiger partial charge >= 0.3 is 0 Å². The minimum absolute atomic E-state index is 0.436. The molecule has 58 valence electrons. The van der Waals surface area contributed by atoms with Gasteiger partial charge in [-0.25, -0.2) is 0 Å². The van der Waals surface area contributed by atoms with Crippen LogP contribution in [0.2, 0.25) is 0 Å². The van der Waals surface area contributed by atoms with Gasteiger partial charge in [-0.3, -0.25) is 4.98 Å². The van der Waals surface area contributed by atoms with E-state index in [9.17, 15) is 0 Å². The molecule has 12 heavy (non-hydrogen) atoms. The number of aromatic nitrogens is 1. The van der Waals surface area contributed by atoms with E-state index in [0.29, 0.717) is 12.1 Å². The summed E-state index contributed by atoms with van der Waals surface area (Å²) in [7, 11) is 0. The van der Waals surface area contributed by atoms with E-state index in [4.69, 9.17) is 2.74 Å². The second-order valence-electron chi connectivity index (χ2n) is 2.43. The summed E-state index contributed by atoms with van der Waals surface area (Å²) in [6, 6.07) is 11.4. The highest BCUT2D eigenvalue weighted by Gasteiger charge is 1.93. The monoisotopic (exact) mass is 157 g/mol. The molecule has 1 aromatic heterocycles. The summed E-state index contributed by atoms with van der Waals surface area (Å²) < 4.78 is 14.9. The van der Waals surface area contributed by atoms with Crippen molar-refractivity contribution in [3.63, 3.8) is 0 Å². The van der Waals surface area contributed by atoms with Gasteiger partial charge in [0.25, 0.3) is 0 Å². The number of hydrogen-bond acceptors (Lipinski definition) is 1. The third-order valence-corrected chi connectivity index (χ3v) is 1.61. The Bertz CT molecular complexity index is 411. The lowest BCUT2D eigenvalue weighted by molar-refractivity contribution is 1.33. The minimum Gasteiger partial charge on any atom is -0.256 e. The van der Waals surface area contributed by atoms with Crippen LogP contribution in [0.3, 0.4) is 0 Å². The molecule has 0 bridgehead atoms. The second-order valence-corrected chi connectivity index (χ2v) is 2.43. The fourth-order valence-corrected chi connectivity index (χ4v) is 1.04. The first kappa shape index (κ1) is 5.09. The van der Waals surface area contributed by atoms with E-state index in [0.717, 1.165) is 11.3 Å². The van der Waals surface area contributed by atoms with Gasteiger partial charge in [0.05, 0.1) is 8.44 Å². The molecule has 1 heteroatoms. The van der Waals surface area contributed by atoms with E-state index in [1.165, 1.54) is 0 Å². The lowest BCUT2D eigenvalue weighted by atomic mass is 10.1. The molecule has 0 spiro atoms. The van der Waals surface area contributed by atoms with Gasteiger partial charge in [0, 0.05) is 11.8 Å². The zero-order valence-corrected chi connectivity index (χ0v) is 6.49. The Kier molecular flexibility index (Phi) is 1.35. The third-order valence-electron chi connectivity index (χ3n) is 1.61. The summed E-state index contributed by atoms with van der Waals surface area (Å²) >= 11 is 0. The van der Waals surface area contributed by atoms with Gasteiger partial charge in [-0.2, -0.15) is 0 Å². The fourth-order valence-electron chi connectivity index (χ4n) is 1.04. The van der Waals surface area contributed by atoms with Crippen LogP contribution in [0.1, 0.15) is 2.74 Å². The van der Waals surface area contributed by atoms with Crippen LogP contribution in [0.15, 0.2) is 54.7 Å². The molecule has 0 saturated carbocycles. The van der Waals surface area contributed by atoms with Gasteiger partial charge in [0.1, 0.15) is 0 Å². The largest absolute Gasteiger partial charge is 0.256 e. The highest BCUT2D eigenvalue weighted by atomic mass is 14.7. The molecular formula is C11H9N. The van der Waals surface area contributed by atoms with E-state index in [1.807, 2.05) is 12.1 Å². The molecule has 2 rings (SSSR count). The zero-order chi connectivity index (χ0) is 9.97. The van der Waals surface area contributed by atoms with Crippen LogP contribution in [0.5, 0.6) is 0 Å². The average Bonchev–Trinajstić information content (AvgIpc) is 2.18. The average molecular weight is 157 g/mol. The topological polar surface area (TPSA) is 12.9 Å². The highest BCUT2D eigenvalue weighted by Crippen LogP contribution is 2.14. The van der Waals surface area contributed by atoms with Crippen molar-refractivity contribution in [2.75, 3.05) is 0 Å². The molecule has 1 aromatic carbocycles. The third kappa shape index (κ3) is 1.35. The van der Waals surface area contributed by atoms with Gasteiger partial charge in [-0.1, -0.05) is 36.4 Å². The molecule has 0 aliphatic rings. The summed E-state index contributed by atoms with van der Waals surface area (Å²) in [6.45, 7) is 0. The van der Waals surface area contributed by atoms with Crippen LogP contribution in [-0.4, -0.2) is 4.98 Å². The lowest BCUT2D eigenvalue weighted by Gasteiger charge is -1.97. The Morgan fingerprint density at radius 3 is 2.75 bits per heavy atom. The first-order valence-corrected chi connectivity index (χ1v) is 3.75. The molecular weight excluding hydrogens is 146 g/mol. The fraction of sp³-hybridized carbons (Fsp3) is 0. The molecule has 0 amide bonds. The Morgan fingerprint density at radius 1 is 1.00 bits per heavy atom. The van der Waals surface area contributed by atoms with Crippen molar-refractivity contribution in [3.8, 4) is 11.3 Å². The molecule has 0 radical (unpaired) electrons. The number of benzene rings is 1. The Balaban J connectivity index is 2.49. The van der Waals surface area contributed by atoms with Crippen LogP contribution in [0.4, 0.5) is 0 Å². The van der Waals surface area contributed by atoms with Crippen molar-refractivity contribution in [2.45, 2.75) is 0 Å². The zero-order valence-electron chi connectivity index (χ0n) is 8.49. The van der Waals surface area contributed by atoms with Crippen LogP contribution in [-0.2, 0) is 0 Å². The van der Waals surface area contributed by atoms with Crippen LogP contribution in [0, 0.1) is 0 Å². The molecule has 0 atom stereocenters. The van der Waals surface area contributed by atoms with Crippen LogP contribution >= 0.6 is 0 Å². The molecule has 2 aromatic rings. The van der Waals surface area contributed by atoms with Gasteiger partial charge in [0.15, 0.2) is 0 Å². The van der Waals surface area contributed by atoms with Crippen molar-refractivity contribution in [2.24, 2.45) is 0 Å². The highest BCUT2D eigenvalue weighted by molar-refractivity contribution is 5.58. The summed E-state index contributed by atoms with van der Waals surface area (Å²) in [5, 5.41) is 0. The van der Waals surface area contributed by atoms with Gasteiger partial charge in [-0.15, -0.1) is 0 Å². The normalized spacial score (nSPS) is 12.0. The molecule has 0 aliphatic carbocycles. The van der Waals surface area contributed by atoms with Crippen molar-refractivity contribution < 1.29 is 2.74 Å². The quantitative estimate of drug-likeness (QED) is 0.620. The van der Waals surface area contributed by atoms with Crippen LogP contribution in [0.25, 0.3) is 11.3 Å². The number of rotatable bonds is 1. The van der Waals surface area contributed by atoms with Gasteiger partial charge < -0.3 is 0 Å². The predicted octanol–water partition coefficient (Wildman–Crippen LogP) is 2.75. The predicted molar refractivity (Wildman–Crippen MR) is 49.7 cm³/mol. The number of pyridine rings is 1. The van der Waals surface area contributed by atoms with Crippen molar-refractivity contribution in [1.82, 2.24) is 4.98 Å². The number of hydrogen-bond donors (Lipinski definition) is 0. The van der Waals surface area contributed by atoms with Gasteiger partial charge in [0.2, 0.25) is 0 Å². The van der Waals surface area contributed by atoms with E-state index < -0.39 is 0 Å². The van der Waals surface area contributed by atoms with E-state index in [-0.39, 0.29) is 0 Å². The molecule has 0 aliphatic heterocycles. The Hall–Kier alpha value is -1.63. The maximum Gasteiger partial charge on any atom is 0.0701 e. The minimum atomic E-state index is 0.436. The summed E-state index contributed by atoms with van der Waals surface area (Å²) in [4.78, 5) is 4.15. The first-order valence-electron chi connectivity index (χ1n) is 4.75. The lowest BCUT2D eigenvalue weighted by Crippen LogP contribution is -1.79. The smallest absolute Gasteiger partial charge is 0.0701 e. The Morgan fingerprint density at radius 2 is 1.92 bits per heavy atom. The second kappa shape index (κ2) is 3.18. The van der Waals surface area contributed by atoms with Crippen molar-refractivity contribution >= 4 is 0 Å². The molecule has 0 N–H and O–H groups in total. The SMILES string of the molecule is [2H]c1cccc(-c2cc([2H])ccn2)c1. The molecule has 1 heterocycles. The summed E-state index contributed by atoms with van der Waals surface area (Å²) in [5.41, 5.74) is 1.62. The summed E-state index contributed by atoms with van der Waals surface area (Å²) in [6.07, 6.45) is 1.61. The van der Waals surface area contributed by atoms with Gasteiger partial charge in [-0.05, 0) is 12.1 Å². The van der Waals surface area contributed by atoms with Crippen molar-refractivity contribution in [3.05, 3.63) is 54.7 Å². The maximum absolute atomic E-state index is 7.46. The molecule has 1 nitrogen and oxygen atoms in total. The first-order chi connectivity index (χ1) is 6.75. The Labute approximate surface area is 74.5 Å². The van der Waals surface area contributed by atoms with E-state index in [2.05, 4.69) is 4.98 Å². The molecule has 0 fully saturated rings. The standard InChI is InChI=1S/C11H9N/c1-2-6-10(7-3-1)11-8-4-5-9-12-11/h1-9H/i2D,4D. The van der Waals surface area contributed by atoms with E-state index >= 15 is 0 Å². The maximum atomic E-state index is 7.46. The van der Waals surface area contributed by atoms with Crippen molar-refractivity contribution in [1.29, 1.82) is 0 Å².